The Kier molecular flexibility index (Phi) is 2.98. The maximum atomic E-state index is 11.3. The van der Waals surface area contributed by atoms with Gasteiger partial charge < -0.3 is 10.3 Å². The van der Waals surface area contributed by atoms with Gasteiger partial charge >= 0.3 is 0 Å². The van der Waals surface area contributed by atoms with Crippen LogP contribution in [0.3, 0.4) is 0 Å². The van der Waals surface area contributed by atoms with E-state index in [2.05, 4.69) is 10.1 Å². The number of sulfone groups is 1. The first-order valence-electron chi connectivity index (χ1n) is 5.31. The van der Waals surface area contributed by atoms with Crippen molar-refractivity contribution in [1.82, 2.24) is 10.1 Å². The lowest BCUT2D eigenvalue weighted by Crippen LogP contribution is -2.11. The highest BCUT2D eigenvalue weighted by atomic mass is 32.2. The zero-order valence-electron chi connectivity index (χ0n) is 9.09. The standard InChI is InChI=1S/C9H15N3O3S/c1-2-7(10)8-11-9(15-12-8)6-3-4-16(13,14)5-6/h6-7H,2-5,10H2,1H3. The molecule has 1 fully saturated rings. The normalized spacial score (nSPS) is 25.8. The molecule has 1 aromatic heterocycles. The number of rotatable bonds is 3. The average Bonchev–Trinajstić information content (AvgIpc) is 2.83. The molecule has 0 radical (unpaired) electrons. The quantitative estimate of drug-likeness (QED) is 0.826. The van der Waals surface area contributed by atoms with Gasteiger partial charge in [-0.15, -0.1) is 0 Å². The molecule has 16 heavy (non-hydrogen) atoms. The van der Waals surface area contributed by atoms with Crippen LogP contribution in [0, 0.1) is 0 Å². The van der Waals surface area contributed by atoms with Gasteiger partial charge in [-0.2, -0.15) is 4.98 Å². The van der Waals surface area contributed by atoms with Crippen LogP contribution in [-0.2, 0) is 9.84 Å². The molecule has 2 atom stereocenters. The first kappa shape index (κ1) is 11.5. The van der Waals surface area contributed by atoms with Gasteiger partial charge in [0.05, 0.1) is 23.5 Å². The van der Waals surface area contributed by atoms with Crippen LogP contribution >= 0.6 is 0 Å². The number of nitrogens with two attached hydrogens (primary N) is 1. The van der Waals surface area contributed by atoms with E-state index in [-0.39, 0.29) is 23.5 Å². The largest absolute Gasteiger partial charge is 0.339 e. The maximum Gasteiger partial charge on any atom is 0.230 e. The average molecular weight is 245 g/mol. The molecule has 0 aliphatic carbocycles. The van der Waals surface area contributed by atoms with E-state index in [0.717, 1.165) is 6.42 Å². The van der Waals surface area contributed by atoms with E-state index >= 15 is 0 Å². The molecule has 2 heterocycles. The summed E-state index contributed by atoms with van der Waals surface area (Å²) in [6, 6.07) is -0.240. The van der Waals surface area contributed by atoms with Crippen molar-refractivity contribution >= 4 is 9.84 Å². The molecule has 2 N–H and O–H groups in total. The predicted octanol–water partition coefficient (Wildman–Crippen LogP) is 0.382. The van der Waals surface area contributed by atoms with E-state index in [1.807, 2.05) is 6.92 Å². The molecule has 1 saturated heterocycles. The molecule has 2 unspecified atom stereocenters. The molecule has 0 aromatic carbocycles. The molecule has 6 nitrogen and oxygen atoms in total. The summed E-state index contributed by atoms with van der Waals surface area (Å²) < 4.78 is 27.7. The van der Waals surface area contributed by atoms with Gasteiger partial charge in [0.25, 0.3) is 0 Å². The van der Waals surface area contributed by atoms with Crippen molar-refractivity contribution in [2.75, 3.05) is 11.5 Å². The number of hydrogen-bond donors (Lipinski definition) is 1. The number of nitrogens with zero attached hydrogens (tertiary/aromatic N) is 2. The Bertz CT molecular complexity index is 468. The van der Waals surface area contributed by atoms with Crippen LogP contribution in [-0.4, -0.2) is 30.1 Å². The van der Waals surface area contributed by atoms with Crippen molar-refractivity contribution in [3.63, 3.8) is 0 Å². The summed E-state index contributed by atoms with van der Waals surface area (Å²) in [5, 5.41) is 3.77. The van der Waals surface area contributed by atoms with E-state index in [4.69, 9.17) is 10.3 Å². The van der Waals surface area contributed by atoms with Gasteiger partial charge in [0.1, 0.15) is 0 Å². The summed E-state index contributed by atoms with van der Waals surface area (Å²) in [6.07, 6.45) is 1.28. The molecule has 0 spiro atoms. The Hall–Kier alpha value is -0.950. The Morgan fingerprint density at radius 3 is 2.94 bits per heavy atom. The minimum atomic E-state index is -2.92. The molecule has 90 valence electrons. The van der Waals surface area contributed by atoms with Crippen LogP contribution < -0.4 is 5.73 Å². The van der Waals surface area contributed by atoms with E-state index in [0.29, 0.717) is 18.1 Å². The van der Waals surface area contributed by atoms with Crippen molar-refractivity contribution < 1.29 is 12.9 Å². The van der Waals surface area contributed by atoms with E-state index in [1.165, 1.54) is 0 Å². The van der Waals surface area contributed by atoms with Gasteiger partial charge in [0.2, 0.25) is 5.89 Å². The minimum Gasteiger partial charge on any atom is -0.339 e. The predicted molar refractivity (Wildman–Crippen MR) is 57.5 cm³/mol. The second-order valence-electron chi connectivity index (χ2n) is 4.11. The lowest BCUT2D eigenvalue weighted by Gasteiger charge is -2.00. The molecule has 7 heteroatoms. The van der Waals surface area contributed by atoms with Crippen LogP contribution in [0.4, 0.5) is 0 Å². The van der Waals surface area contributed by atoms with Gasteiger partial charge in [0.15, 0.2) is 15.7 Å². The maximum absolute atomic E-state index is 11.3. The highest BCUT2D eigenvalue weighted by Gasteiger charge is 2.33. The van der Waals surface area contributed by atoms with Crippen molar-refractivity contribution in [1.29, 1.82) is 0 Å². The second kappa shape index (κ2) is 4.14. The zero-order chi connectivity index (χ0) is 11.8. The summed E-state index contributed by atoms with van der Waals surface area (Å²) in [5.74, 6) is 1.02. The molecular formula is C9H15N3O3S. The third-order valence-corrected chi connectivity index (χ3v) is 4.58. The second-order valence-corrected chi connectivity index (χ2v) is 6.33. The number of aromatic nitrogens is 2. The highest BCUT2D eigenvalue weighted by Crippen LogP contribution is 2.28. The summed E-state index contributed by atoms with van der Waals surface area (Å²) >= 11 is 0. The summed E-state index contributed by atoms with van der Waals surface area (Å²) in [5.41, 5.74) is 5.76. The van der Waals surface area contributed by atoms with Crippen molar-refractivity contribution in [3.8, 4) is 0 Å². The van der Waals surface area contributed by atoms with Crippen LogP contribution in [0.2, 0.25) is 0 Å². The Morgan fingerprint density at radius 2 is 2.38 bits per heavy atom. The summed E-state index contributed by atoms with van der Waals surface area (Å²) in [6.45, 7) is 1.93. The third kappa shape index (κ3) is 2.25. The van der Waals surface area contributed by atoms with Crippen LogP contribution in [0.15, 0.2) is 4.52 Å². The molecule has 0 saturated carbocycles. The Morgan fingerprint density at radius 1 is 1.62 bits per heavy atom. The van der Waals surface area contributed by atoms with Gasteiger partial charge in [-0.25, -0.2) is 8.42 Å². The van der Waals surface area contributed by atoms with Crippen LogP contribution in [0.5, 0.6) is 0 Å². The first-order chi connectivity index (χ1) is 7.52. The molecule has 1 aliphatic rings. The van der Waals surface area contributed by atoms with E-state index in [9.17, 15) is 8.42 Å². The molecule has 1 aliphatic heterocycles. The van der Waals surface area contributed by atoms with E-state index < -0.39 is 9.84 Å². The smallest absolute Gasteiger partial charge is 0.230 e. The molecule has 2 rings (SSSR count). The monoisotopic (exact) mass is 245 g/mol. The molecule has 0 bridgehead atoms. The van der Waals surface area contributed by atoms with Gasteiger partial charge in [0, 0.05) is 0 Å². The lowest BCUT2D eigenvalue weighted by molar-refractivity contribution is 0.353. The Labute approximate surface area is 94.1 Å². The molecule has 1 aromatic rings. The fourth-order valence-electron chi connectivity index (χ4n) is 1.74. The lowest BCUT2D eigenvalue weighted by atomic mass is 10.1. The van der Waals surface area contributed by atoms with Gasteiger partial charge in [-0.1, -0.05) is 12.1 Å². The third-order valence-electron chi connectivity index (χ3n) is 2.81. The van der Waals surface area contributed by atoms with Crippen LogP contribution in [0.25, 0.3) is 0 Å². The minimum absolute atomic E-state index is 0.107. The Balaban J connectivity index is 2.14. The van der Waals surface area contributed by atoms with Crippen molar-refractivity contribution in [2.24, 2.45) is 5.73 Å². The topological polar surface area (TPSA) is 99.1 Å². The molecular weight excluding hydrogens is 230 g/mol. The van der Waals surface area contributed by atoms with Gasteiger partial charge in [-0.3, -0.25) is 0 Å². The molecule has 0 amide bonds. The van der Waals surface area contributed by atoms with Crippen LogP contribution in [0.1, 0.15) is 43.4 Å². The highest BCUT2D eigenvalue weighted by molar-refractivity contribution is 7.91. The van der Waals surface area contributed by atoms with E-state index in [1.54, 1.807) is 0 Å². The van der Waals surface area contributed by atoms with Crippen molar-refractivity contribution in [3.05, 3.63) is 11.7 Å². The SMILES string of the molecule is CCC(N)c1noc(C2CCS(=O)(=O)C2)n1. The number of hydrogen-bond acceptors (Lipinski definition) is 6. The van der Waals surface area contributed by atoms with Crippen molar-refractivity contribution in [2.45, 2.75) is 31.7 Å². The fourth-order valence-corrected chi connectivity index (χ4v) is 3.47. The first-order valence-corrected chi connectivity index (χ1v) is 7.13. The zero-order valence-corrected chi connectivity index (χ0v) is 9.90. The fraction of sp³-hybridized carbons (Fsp3) is 0.778. The summed E-state index contributed by atoms with van der Waals surface area (Å²) in [4.78, 5) is 4.16. The summed E-state index contributed by atoms with van der Waals surface area (Å²) in [7, 11) is -2.92. The van der Waals surface area contributed by atoms with Gasteiger partial charge in [-0.05, 0) is 12.8 Å².